The monoisotopic (exact) mass is 248 g/mol. The number of nitrogens with zero attached hydrogens (tertiary/aromatic N) is 2. The smallest absolute Gasteiger partial charge is 0.0913 e. The van der Waals surface area contributed by atoms with Crippen molar-refractivity contribution in [3.8, 4) is 0 Å². The number of hydrogen-bond donors (Lipinski definition) is 0. The highest BCUT2D eigenvalue weighted by molar-refractivity contribution is 6.04. The van der Waals surface area contributed by atoms with Gasteiger partial charge in [-0.05, 0) is 24.0 Å². The van der Waals surface area contributed by atoms with Crippen LogP contribution in [0.15, 0.2) is 59.7 Å². The van der Waals surface area contributed by atoms with E-state index >= 15 is 0 Å². The van der Waals surface area contributed by atoms with E-state index in [2.05, 4.69) is 59.6 Å². The van der Waals surface area contributed by atoms with Crippen molar-refractivity contribution >= 4 is 5.71 Å². The Morgan fingerprint density at radius 2 is 1.68 bits per heavy atom. The Morgan fingerprint density at radius 3 is 2.58 bits per heavy atom. The standard InChI is InChI=1S/C17H16N2/c1-2-7-14(8-3-1)17-12-19(17)18-16-11-10-13-6-4-5-9-15(13)16/h1-9,17H,10-12H2/b18-16-. The Bertz CT molecular complexity index is 631. The van der Waals surface area contributed by atoms with E-state index in [0.29, 0.717) is 6.04 Å². The zero-order chi connectivity index (χ0) is 12.7. The van der Waals surface area contributed by atoms with E-state index in [1.54, 1.807) is 0 Å². The third kappa shape index (κ3) is 1.93. The molecule has 4 rings (SSSR count). The van der Waals surface area contributed by atoms with Crippen molar-refractivity contribution in [2.75, 3.05) is 6.54 Å². The first-order valence-electron chi connectivity index (χ1n) is 6.89. The Labute approximate surface area is 113 Å². The minimum absolute atomic E-state index is 0.487. The van der Waals surface area contributed by atoms with Crippen LogP contribution in [-0.4, -0.2) is 17.3 Å². The summed E-state index contributed by atoms with van der Waals surface area (Å²) in [6.07, 6.45) is 2.22. The maximum absolute atomic E-state index is 4.84. The van der Waals surface area contributed by atoms with Crippen LogP contribution in [0.4, 0.5) is 0 Å². The average Bonchev–Trinajstić information content (AvgIpc) is 3.13. The summed E-state index contributed by atoms with van der Waals surface area (Å²) >= 11 is 0. The molecule has 1 saturated heterocycles. The second kappa shape index (κ2) is 4.23. The first kappa shape index (κ1) is 10.8. The lowest BCUT2D eigenvalue weighted by Crippen LogP contribution is -1.99. The molecular weight excluding hydrogens is 232 g/mol. The Kier molecular flexibility index (Phi) is 2.41. The third-order valence-electron chi connectivity index (χ3n) is 3.98. The number of aryl methyl sites for hydroxylation is 1. The molecule has 0 aromatic heterocycles. The van der Waals surface area contributed by atoms with Crippen molar-refractivity contribution in [1.29, 1.82) is 0 Å². The first-order valence-corrected chi connectivity index (χ1v) is 6.89. The zero-order valence-electron chi connectivity index (χ0n) is 10.8. The summed E-state index contributed by atoms with van der Waals surface area (Å²) in [5, 5.41) is 7.04. The van der Waals surface area contributed by atoms with Gasteiger partial charge >= 0.3 is 0 Å². The van der Waals surface area contributed by atoms with Crippen LogP contribution in [0.3, 0.4) is 0 Å². The first-order chi connectivity index (χ1) is 9.42. The molecule has 1 aliphatic heterocycles. The van der Waals surface area contributed by atoms with E-state index in [0.717, 1.165) is 19.4 Å². The molecule has 2 aromatic carbocycles. The maximum Gasteiger partial charge on any atom is 0.0913 e. The SMILES string of the molecule is c1ccc(C2CN2/N=C2/CCc3ccccc32)cc1. The lowest BCUT2D eigenvalue weighted by molar-refractivity contribution is 0.552. The van der Waals surface area contributed by atoms with Gasteiger partial charge in [-0.2, -0.15) is 5.10 Å². The van der Waals surface area contributed by atoms with Crippen LogP contribution in [0, 0.1) is 0 Å². The lowest BCUT2D eigenvalue weighted by Gasteiger charge is -2.02. The van der Waals surface area contributed by atoms with E-state index in [4.69, 9.17) is 5.10 Å². The van der Waals surface area contributed by atoms with Crippen molar-refractivity contribution in [3.05, 3.63) is 71.3 Å². The quantitative estimate of drug-likeness (QED) is 0.744. The summed E-state index contributed by atoms with van der Waals surface area (Å²) in [7, 11) is 0. The molecule has 2 nitrogen and oxygen atoms in total. The summed E-state index contributed by atoms with van der Waals surface area (Å²) in [5.74, 6) is 0. The van der Waals surface area contributed by atoms with Gasteiger partial charge in [0.2, 0.25) is 0 Å². The highest BCUT2D eigenvalue weighted by Gasteiger charge is 2.35. The van der Waals surface area contributed by atoms with Crippen LogP contribution in [-0.2, 0) is 6.42 Å². The zero-order valence-corrected chi connectivity index (χ0v) is 10.8. The second-order valence-electron chi connectivity index (χ2n) is 5.25. The number of hydrogen-bond acceptors (Lipinski definition) is 2. The van der Waals surface area contributed by atoms with Crippen LogP contribution in [0.25, 0.3) is 0 Å². The minimum atomic E-state index is 0.487. The normalized spacial score (nSPS) is 22.6. The summed E-state index contributed by atoms with van der Waals surface area (Å²) < 4.78 is 0. The molecule has 2 aromatic rings. The van der Waals surface area contributed by atoms with Gasteiger partial charge in [-0.15, -0.1) is 0 Å². The van der Waals surface area contributed by atoms with Gasteiger partial charge in [0.25, 0.3) is 0 Å². The topological polar surface area (TPSA) is 15.4 Å². The van der Waals surface area contributed by atoms with E-state index in [-0.39, 0.29) is 0 Å². The van der Waals surface area contributed by atoms with Crippen molar-refractivity contribution in [2.45, 2.75) is 18.9 Å². The minimum Gasteiger partial charge on any atom is -0.285 e. The van der Waals surface area contributed by atoms with Gasteiger partial charge in [-0.25, -0.2) is 0 Å². The number of fused-ring (bicyclic) bond motifs is 1. The van der Waals surface area contributed by atoms with Crippen molar-refractivity contribution in [1.82, 2.24) is 5.01 Å². The molecule has 0 bridgehead atoms. The molecule has 0 spiro atoms. The second-order valence-corrected chi connectivity index (χ2v) is 5.25. The molecule has 0 N–H and O–H groups in total. The Morgan fingerprint density at radius 1 is 0.895 bits per heavy atom. The van der Waals surface area contributed by atoms with Crippen LogP contribution in [0.2, 0.25) is 0 Å². The van der Waals surface area contributed by atoms with E-state index in [9.17, 15) is 0 Å². The molecule has 0 radical (unpaired) electrons. The Balaban J connectivity index is 1.57. The summed E-state index contributed by atoms with van der Waals surface area (Å²) in [6, 6.07) is 19.8. The number of benzene rings is 2. The molecule has 0 saturated carbocycles. The predicted octanol–water partition coefficient (Wildman–Crippen LogP) is 3.39. The van der Waals surface area contributed by atoms with E-state index in [1.807, 2.05) is 0 Å². The molecular formula is C17H16N2. The fraction of sp³-hybridized carbons (Fsp3) is 0.235. The van der Waals surface area contributed by atoms with Crippen LogP contribution >= 0.6 is 0 Å². The summed E-state index contributed by atoms with van der Waals surface area (Å²) in [6.45, 7) is 1.05. The van der Waals surface area contributed by atoms with Crippen molar-refractivity contribution in [3.63, 3.8) is 0 Å². The Hall–Kier alpha value is -2.09. The van der Waals surface area contributed by atoms with Gasteiger partial charge < -0.3 is 0 Å². The molecule has 1 fully saturated rings. The van der Waals surface area contributed by atoms with E-state index < -0.39 is 0 Å². The van der Waals surface area contributed by atoms with Gasteiger partial charge in [0.1, 0.15) is 0 Å². The van der Waals surface area contributed by atoms with Gasteiger partial charge in [0, 0.05) is 5.56 Å². The highest BCUT2D eigenvalue weighted by atomic mass is 15.6. The molecule has 1 heterocycles. The third-order valence-corrected chi connectivity index (χ3v) is 3.98. The molecule has 1 atom stereocenters. The fourth-order valence-electron chi connectivity index (χ4n) is 2.86. The molecule has 1 unspecified atom stereocenters. The molecule has 0 amide bonds. The van der Waals surface area contributed by atoms with Crippen LogP contribution in [0.1, 0.15) is 29.2 Å². The molecule has 19 heavy (non-hydrogen) atoms. The maximum atomic E-state index is 4.84. The van der Waals surface area contributed by atoms with E-state index in [1.165, 1.54) is 22.4 Å². The summed E-state index contributed by atoms with van der Waals surface area (Å²) in [5.41, 5.74) is 5.42. The fourth-order valence-corrected chi connectivity index (χ4v) is 2.86. The largest absolute Gasteiger partial charge is 0.285 e. The van der Waals surface area contributed by atoms with Gasteiger partial charge in [-0.1, -0.05) is 54.6 Å². The van der Waals surface area contributed by atoms with Gasteiger partial charge in [0.05, 0.1) is 18.3 Å². The number of hydrazone groups is 1. The van der Waals surface area contributed by atoms with Crippen molar-refractivity contribution in [2.24, 2.45) is 5.10 Å². The molecule has 1 aliphatic carbocycles. The van der Waals surface area contributed by atoms with Crippen LogP contribution in [0.5, 0.6) is 0 Å². The summed E-state index contributed by atoms with van der Waals surface area (Å²) in [4.78, 5) is 0. The van der Waals surface area contributed by atoms with Crippen molar-refractivity contribution < 1.29 is 0 Å². The molecule has 2 heteroatoms. The molecule has 94 valence electrons. The average molecular weight is 248 g/mol. The van der Waals surface area contributed by atoms with Crippen LogP contribution < -0.4 is 0 Å². The molecule has 2 aliphatic rings. The highest BCUT2D eigenvalue weighted by Crippen LogP contribution is 2.36. The van der Waals surface area contributed by atoms with Gasteiger partial charge in [0.15, 0.2) is 0 Å². The predicted molar refractivity (Wildman–Crippen MR) is 77.2 cm³/mol. The van der Waals surface area contributed by atoms with Gasteiger partial charge in [-0.3, -0.25) is 5.01 Å². The number of rotatable bonds is 2. The lowest BCUT2D eigenvalue weighted by atomic mass is 10.1.